The van der Waals surface area contributed by atoms with Gasteiger partial charge in [-0.05, 0) is 55.0 Å². The van der Waals surface area contributed by atoms with Gasteiger partial charge in [0.05, 0.1) is 12.7 Å². The van der Waals surface area contributed by atoms with Crippen LogP contribution in [-0.4, -0.2) is 18.0 Å². The monoisotopic (exact) mass is 451 g/mol. The smallest absolute Gasteiger partial charge is 0.262 e. The molecule has 6 nitrogen and oxygen atoms in total. The molecular formula is C28H25N3O3. The maximum atomic E-state index is 13.6. The average molecular weight is 452 g/mol. The van der Waals surface area contributed by atoms with Crippen LogP contribution in [0, 0.1) is 6.92 Å². The first-order valence-electron chi connectivity index (χ1n) is 11.1. The first kappa shape index (κ1) is 21.5. The number of aryl methyl sites for hydroxylation is 1. The lowest BCUT2D eigenvalue weighted by molar-refractivity contribution is 0.0975. The molecule has 4 aromatic rings. The molecule has 0 aliphatic carbocycles. The average Bonchev–Trinajstić information content (AvgIpc) is 2.88. The number of carbonyl (C=O) groups is 1. The number of nitrogens with one attached hydrogen (secondary N) is 1. The summed E-state index contributed by atoms with van der Waals surface area (Å²) in [5.41, 5.74) is 5.20. The lowest BCUT2D eigenvalue weighted by Crippen LogP contribution is -2.43. The van der Waals surface area contributed by atoms with Gasteiger partial charge in [-0.15, -0.1) is 0 Å². The second kappa shape index (κ2) is 9.27. The fraction of sp³-hybridized carbons (Fsp3) is 0.143. The fourth-order valence-electron chi connectivity index (χ4n) is 4.12. The Morgan fingerprint density at radius 2 is 1.76 bits per heavy atom. The number of hydrogen-bond acceptors (Lipinski definition) is 5. The molecule has 6 heteroatoms. The summed E-state index contributed by atoms with van der Waals surface area (Å²) in [6.45, 7) is 2.32. The first-order chi connectivity index (χ1) is 16.6. The molecule has 0 fully saturated rings. The number of amides is 1. The van der Waals surface area contributed by atoms with Crippen LogP contribution in [-0.2, 0) is 6.61 Å². The minimum Gasteiger partial charge on any atom is -0.496 e. The molecule has 0 spiro atoms. The van der Waals surface area contributed by atoms with Crippen LogP contribution in [0.25, 0.3) is 0 Å². The van der Waals surface area contributed by atoms with Gasteiger partial charge in [0.25, 0.3) is 5.91 Å². The van der Waals surface area contributed by atoms with Gasteiger partial charge in [-0.25, -0.2) is 4.98 Å². The largest absolute Gasteiger partial charge is 0.496 e. The van der Waals surface area contributed by atoms with E-state index in [0.29, 0.717) is 17.2 Å². The summed E-state index contributed by atoms with van der Waals surface area (Å²) in [6.07, 6.45) is 1.29. The van der Waals surface area contributed by atoms with Gasteiger partial charge >= 0.3 is 0 Å². The third-order valence-electron chi connectivity index (χ3n) is 5.87. The topological polar surface area (TPSA) is 63.7 Å². The molecule has 0 radical (unpaired) electrons. The predicted molar refractivity (Wildman–Crippen MR) is 132 cm³/mol. The number of aromatic nitrogens is 1. The van der Waals surface area contributed by atoms with Gasteiger partial charge in [-0.1, -0.05) is 42.0 Å². The van der Waals surface area contributed by atoms with Crippen molar-refractivity contribution in [2.24, 2.45) is 0 Å². The Morgan fingerprint density at radius 1 is 0.971 bits per heavy atom. The Balaban J connectivity index is 1.54. The molecular weight excluding hydrogens is 426 g/mol. The highest BCUT2D eigenvalue weighted by Crippen LogP contribution is 2.38. The highest BCUT2D eigenvalue weighted by atomic mass is 16.5. The highest BCUT2D eigenvalue weighted by Gasteiger charge is 2.34. The molecule has 1 N–H and O–H groups in total. The lowest BCUT2D eigenvalue weighted by atomic mass is 10.0. The van der Waals surface area contributed by atoms with Gasteiger partial charge in [0.15, 0.2) is 0 Å². The Morgan fingerprint density at radius 3 is 2.53 bits per heavy atom. The fourth-order valence-corrected chi connectivity index (χ4v) is 4.12. The number of fused-ring (bicyclic) bond motifs is 1. The molecule has 1 amide bonds. The summed E-state index contributed by atoms with van der Waals surface area (Å²) in [5, 5.41) is 3.56. The number of nitrogens with zero attached hydrogens (tertiary/aromatic N) is 2. The molecule has 34 heavy (non-hydrogen) atoms. The van der Waals surface area contributed by atoms with Crippen LogP contribution >= 0.6 is 0 Å². The number of methoxy groups -OCH3 is 1. The zero-order valence-corrected chi connectivity index (χ0v) is 19.1. The Bertz CT molecular complexity index is 1310. The van der Waals surface area contributed by atoms with Crippen molar-refractivity contribution < 1.29 is 14.3 Å². The minimum atomic E-state index is -0.399. The third kappa shape index (κ3) is 4.18. The number of carbonyl (C=O) groups excluding carboxylic acids is 1. The molecule has 2 heterocycles. The van der Waals surface area contributed by atoms with Gasteiger partial charge in [0.1, 0.15) is 18.5 Å². The molecule has 1 atom stereocenters. The quantitative estimate of drug-likeness (QED) is 0.404. The highest BCUT2D eigenvalue weighted by molar-refractivity contribution is 6.12. The summed E-state index contributed by atoms with van der Waals surface area (Å²) >= 11 is 0. The van der Waals surface area contributed by atoms with Gasteiger partial charge < -0.3 is 14.8 Å². The molecule has 0 saturated heterocycles. The number of benzene rings is 3. The van der Waals surface area contributed by atoms with E-state index in [1.807, 2.05) is 91.9 Å². The van der Waals surface area contributed by atoms with E-state index in [2.05, 4.69) is 10.3 Å². The molecule has 0 bridgehead atoms. The van der Waals surface area contributed by atoms with Gasteiger partial charge in [-0.2, -0.15) is 0 Å². The van der Waals surface area contributed by atoms with E-state index in [1.165, 1.54) is 0 Å². The maximum absolute atomic E-state index is 13.6. The number of para-hydroxylation sites is 1. The molecule has 0 unspecified atom stereocenters. The van der Waals surface area contributed by atoms with E-state index >= 15 is 0 Å². The summed E-state index contributed by atoms with van der Waals surface area (Å²) in [6, 6.07) is 27.0. The third-order valence-corrected chi connectivity index (χ3v) is 5.87. The summed E-state index contributed by atoms with van der Waals surface area (Å²) in [5.74, 6) is 1.20. The number of pyridine rings is 1. The Hall–Kier alpha value is -4.32. The summed E-state index contributed by atoms with van der Waals surface area (Å²) in [7, 11) is 1.64. The lowest BCUT2D eigenvalue weighted by Gasteiger charge is -2.38. The van der Waals surface area contributed by atoms with Crippen molar-refractivity contribution in [2.75, 3.05) is 17.3 Å². The van der Waals surface area contributed by atoms with E-state index in [4.69, 9.17) is 9.47 Å². The first-order valence-corrected chi connectivity index (χ1v) is 11.1. The SMILES string of the molecule is COc1ccc([C@@H]2Nc3ccccc3C(=O)N2c2ccc(C)cc2)cc1COc1ccccn1. The van der Waals surface area contributed by atoms with Crippen LogP contribution in [0.15, 0.2) is 91.1 Å². The zero-order chi connectivity index (χ0) is 23.5. The summed E-state index contributed by atoms with van der Waals surface area (Å²) in [4.78, 5) is 19.7. The van der Waals surface area contributed by atoms with Crippen molar-refractivity contribution in [1.29, 1.82) is 0 Å². The molecule has 1 aliphatic rings. The van der Waals surface area contributed by atoms with Crippen molar-refractivity contribution >= 4 is 17.3 Å². The van der Waals surface area contributed by atoms with E-state index in [0.717, 1.165) is 28.1 Å². The molecule has 1 aliphatic heterocycles. The summed E-state index contributed by atoms with van der Waals surface area (Å²) < 4.78 is 11.5. The Kier molecular flexibility index (Phi) is 5.87. The van der Waals surface area contributed by atoms with Gasteiger partial charge in [0.2, 0.25) is 5.88 Å². The molecule has 5 rings (SSSR count). The molecule has 170 valence electrons. The van der Waals surface area contributed by atoms with Crippen LogP contribution in [0.2, 0.25) is 0 Å². The second-order valence-electron chi connectivity index (χ2n) is 8.13. The van der Waals surface area contributed by atoms with Crippen LogP contribution in [0.3, 0.4) is 0 Å². The van der Waals surface area contributed by atoms with Crippen molar-refractivity contribution in [3.63, 3.8) is 0 Å². The standard InChI is InChI=1S/C28H25N3O3/c1-19-10-13-22(14-11-19)31-27(30-24-8-4-3-7-23(24)28(31)32)20-12-15-25(33-2)21(17-20)18-34-26-9-5-6-16-29-26/h3-17,27,30H,18H2,1-2H3/t27-/m1/s1. The Labute approximate surface area is 198 Å². The van der Waals surface area contributed by atoms with Crippen molar-refractivity contribution in [1.82, 2.24) is 4.98 Å². The van der Waals surface area contributed by atoms with E-state index in [-0.39, 0.29) is 12.5 Å². The molecule has 1 aromatic heterocycles. The predicted octanol–water partition coefficient (Wildman–Crippen LogP) is 5.75. The van der Waals surface area contributed by atoms with Gasteiger partial charge in [-0.3, -0.25) is 9.69 Å². The van der Waals surface area contributed by atoms with E-state index < -0.39 is 6.17 Å². The molecule has 0 saturated carbocycles. The van der Waals surface area contributed by atoms with E-state index in [1.54, 1.807) is 18.2 Å². The van der Waals surface area contributed by atoms with Crippen molar-refractivity contribution in [3.05, 3.63) is 113 Å². The second-order valence-corrected chi connectivity index (χ2v) is 8.13. The minimum absolute atomic E-state index is 0.0506. The number of hydrogen-bond donors (Lipinski definition) is 1. The maximum Gasteiger partial charge on any atom is 0.262 e. The zero-order valence-electron chi connectivity index (χ0n) is 19.1. The van der Waals surface area contributed by atoms with Crippen molar-refractivity contribution in [2.45, 2.75) is 19.7 Å². The van der Waals surface area contributed by atoms with Crippen LogP contribution in [0.4, 0.5) is 11.4 Å². The van der Waals surface area contributed by atoms with Crippen LogP contribution in [0.1, 0.15) is 33.2 Å². The number of anilines is 2. The van der Waals surface area contributed by atoms with Crippen LogP contribution < -0.4 is 19.7 Å². The van der Waals surface area contributed by atoms with Gasteiger partial charge in [0, 0.05) is 29.2 Å². The van der Waals surface area contributed by atoms with E-state index in [9.17, 15) is 4.79 Å². The number of ether oxygens (including phenoxy) is 2. The molecule has 3 aromatic carbocycles. The number of rotatable bonds is 6. The van der Waals surface area contributed by atoms with Crippen molar-refractivity contribution in [3.8, 4) is 11.6 Å². The van der Waals surface area contributed by atoms with Crippen LogP contribution in [0.5, 0.6) is 11.6 Å². The normalized spacial score (nSPS) is 14.8.